The molecule has 1 aliphatic heterocycles. The molecule has 0 bridgehead atoms. The largest absolute Gasteiger partial charge is 0.490 e. The fourth-order valence-corrected chi connectivity index (χ4v) is 2.30. The van der Waals surface area contributed by atoms with Crippen LogP contribution in [0.2, 0.25) is 0 Å². The SMILES string of the molecule is Cc1cccc(CNc2ccc3c(c2)OCCCO3)c1. The topological polar surface area (TPSA) is 30.5 Å². The summed E-state index contributed by atoms with van der Waals surface area (Å²) in [5, 5.41) is 3.42. The van der Waals surface area contributed by atoms with Gasteiger partial charge >= 0.3 is 0 Å². The molecule has 0 aromatic heterocycles. The lowest BCUT2D eigenvalue weighted by molar-refractivity contribution is 0.297. The van der Waals surface area contributed by atoms with Crippen LogP contribution < -0.4 is 14.8 Å². The predicted molar refractivity (Wildman–Crippen MR) is 80.6 cm³/mol. The molecule has 104 valence electrons. The first-order chi connectivity index (χ1) is 9.81. The lowest BCUT2D eigenvalue weighted by atomic mass is 10.1. The summed E-state index contributed by atoms with van der Waals surface area (Å²) in [6.07, 6.45) is 0.931. The molecule has 1 heterocycles. The van der Waals surface area contributed by atoms with Gasteiger partial charge in [-0.3, -0.25) is 0 Å². The van der Waals surface area contributed by atoms with E-state index in [0.717, 1.165) is 36.8 Å². The Morgan fingerprint density at radius 3 is 2.70 bits per heavy atom. The van der Waals surface area contributed by atoms with Gasteiger partial charge in [0.15, 0.2) is 11.5 Å². The van der Waals surface area contributed by atoms with Gasteiger partial charge in [-0.15, -0.1) is 0 Å². The summed E-state index contributed by atoms with van der Waals surface area (Å²) in [6, 6.07) is 14.5. The van der Waals surface area contributed by atoms with E-state index in [1.165, 1.54) is 11.1 Å². The molecule has 0 amide bonds. The predicted octanol–water partition coefficient (Wildman–Crippen LogP) is 3.77. The molecule has 0 radical (unpaired) electrons. The number of hydrogen-bond donors (Lipinski definition) is 1. The second-order valence-corrected chi connectivity index (χ2v) is 5.05. The number of fused-ring (bicyclic) bond motifs is 1. The molecule has 3 heteroatoms. The van der Waals surface area contributed by atoms with Crippen molar-refractivity contribution in [3.8, 4) is 11.5 Å². The molecule has 0 saturated heterocycles. The van der Waals surface area contributed by atoms with E-state index in [-0.39, 0.29) is 0 Å². The number of rotatable bonds is 3. The molecular weight excluding hydrogens is 250 g/mol. The van der Waals surface area contributed by atoms with E-state index in [2.05, 4.69) is 36.5 Å². The Hall–Kier alpha value is -2.16. The van der Waals surface area contributed by atoms with Crippen LogP contribution in [0.15, 0.2) is 42.5 Å². The number of ether oxygens (including phenoxy) is 2. The molecule has 0 aliphatic carbocycles. The Labute approximate surface area is 119 Å². The fourth-order valence-electron chi connectivity index (χ4n) is 2.30. The molecule has 0 fully saturated rings. The average molecular weight is 269 g/mol. The first-order valence-corrected chi connectivity index (χ1v) is 7.00. The summed E-state index contributed by atoms with van der Waals surface area (Å²) in [5.41, 5.74) is 3.61. The van der Waals surface area contributed by atoms with E-state index in [1.54, 1.807) is 0 Å². The Morgan fingerprint density at radius 1 is 1.00 bits per heavy atom. The molecule has 3 nitrogen and oxygen atoms in total. The second-order valence-electron chi connectivity index (χ2n) is 5.05. The number of benzene rings is 2. The Morgan fingerprint density at radius 2 is 1.85 bits per heavy atom. The Balaban J connectivity index is 1.70. The van der Waals surface area contributed by atoms with Crippen molar-refractivity contribution in [1.82, 2.24) is 0 Å². The van der Waals surface area contributed by atoms with Crippen LogP contribution in [0.25, 0.3) is 0 Å². The molecule has 2 aromatic carbocycles. The van der Waals surface area contributed by atoms with Crippen molar-refractivity contribution in [1.29, 1.82) is 0 Å². The van der Waals surface area contributed by atoms with Crippen molar-refractivity contribution in [2.24, 2.45) is 0 Å². The van der Waals surface area contributed by atoms with E-state index in [4.69, 9.17) is 9.47 Å². The molecule has 20 heavy (non-hydrogen) atoms. The first kappa shape index (κ1) is 12.9. The lowest BCUT2D eigenvalue weighted by Crippen LogP contribution is -2.00. The van der Waals surface area contributed by atoms with Crippen LogP contribution >= 0.6 is 0 Å². The van der Waals surface area contributed by atoms with Crippen molar-refractivity contribution in [2.75, 3.05) is 18.5 Å². The van der Waals surface area contributed by atoms with Gasteiger partial charge in [0.1, 0.15) is 0 Å². The maximum absolute atomic E-state index is 5.70. The van der Waals surface area contributed by atoms with Crippen LogP contribution in [0.4, 0.5) is 5.69 Å². The zero-order valence-corrected chi connectivity index (χ0v) is 11.7. The van der Waals surface area contributed by atoms with Crippen LogP contribution in [0, 0.1) is 6.92 Å². The summed E-state index contributed by atoms with van der Waals surface area (Å²) in [7, 11) is 0. The van der Waals surface area contributed by atoms with Crippen LogP contribution in [-0.2, 0) is 6.54 Å². The zero-order chi connectivity index (χ0) is 13.8. The third kappa shape index (κ3) is 3.05. The van der Waals surface area contributed by atoms with Crippen LogP contribution in [0.5, 0.6) is 11.5 Å². The minimum atomic E-state index is 0.717. The molecule has 1 N–H and O–H groups in total. The highest BCUT2D eigenvalue weighted by atomic mass is 16.5. The maximum atomic E-state index is 5.70. The zero-order valence-electron chi connectivity index (χ0n) is 11.7. The highest BCUT2D eigenvalue weighted by molar-refractivity contribution is 5.55. The van der Waals surface area contributed by atoms with Gasteiger partial charge in [0.05, 0.1) is 13.2 Å². The standard InChI is InChI=1S/C17H19NO2/c1-13-4-2-5-14(10-13)12-18-15-6-7-16-17(11-15)20-9-3-8-19-16/h2,4-7,10-11,18H,3,8-9,12H2,1H3. The quantitative estimate of drug-likeness (QED) is 0.920. The molecule has 0 atom stereocenters. The summed E-state index contributed by atoms with van der Waals surface area (Å²) >= 11 is 0. The van der Waals surface area contributed by atoms with Crippen LogP contribution in [-0.4, -0.2) is 13.2 Å². The van der Waals surface area contributed by atoms with E-state index in [1.807, 2.05) is 18.2 Å². The van der Waals surface area contributed by atoms with E-state index < -0.39 is 0 Å². The highest BCUT2D eigenvalue weighted by Gasteiger charge is 2.10. The molecule has 2 aromatic rings. The average Bonchev–Trinajstić information content (AvgIpc) is 2.70. The van der Waals surface area contributed by atoms with E-state index in [0.29, 0.717) is 6.61 Å². The highest BCUT2D eigenvalue weighted by Crippen LogP contribution is 2.32. The summed E-state index contributed by atoms with van der Waals surface area (Å²) < 4.78 is 11.3. The number of aryl methyl sites for hydroxylation is 1. The van der Waals surface area contributed by atoms with Crippen molar-refractivity contribution < 1.29 is 9.47 Å². The van der Waals surface area contributed by atoms with Gasteiger partial charge in [-0.1, -0.05) is 29.8 Å². The normalized spacial score (nSPS) is 13.7. The van der Waals surface area contributed by atoms with Crippen molar-refractivity contribution in [3.63, 3.8) is 0 Å². The van der Waals surface area contributed by atoms with Gasteiger partial charge < -0.3 is 14.8 Å². The molecule has 0 saturated carbocycles. The molecule has 1 aliphatic rings. The number of hydrogen-bond acceptors (Lipinski definition) is 3. The molecular formula is C17H19NO2. The number of nitrogens with one attached hydrogen (secondary N) is 1. The summed E-state index contributed by atoms with van der Waals surface area (Å²) in [4.78, 5) is 0. The lowest BCUT2D eigenvalue weighted by Gasteiger charge is -2.11. The third-order valence-electron chi connectivity index (χ3n) is 3.33. The van der Waals surface area contributed by atoms with Crippen molar-refractivity contribution in [3.05, 3.63) is 53.6 Å². The Kier molecular flexibility index (Phi) is 3.77. The van der Waals surface area contributed by atoms with E-state index >= 15 is 0 Å². The van der Waals surface area contributed by atoms with Crippen molar-refractivity contribution >= 4 is 5.69 Å². The van der Waals surface area contributed by atoms with Crippen molar-refractivity contribution in [2.45, 2.75) is 19.9 Å². The fraction of sp³-hybridized carbons (Fsp3) is 0.294. The van der Waals surface area contributed by atoms with Gasteiger partial charge in [0.25, 0.3) is 0 Å². The number of anilines is 1. The van der Waals surface area contributed by atoms with Gasteiger partial charge in [0.2, 0.25) is 0 Å². The smallest absolute Gasteiger partial charge is 0.163 e. The third-order valence-corrected chi connectivity index (χ3v) is 3.33. The first-order valence-electron chi connectivity index (χ1n) is 7.00. The molecule has 3 rings (SSSR count). The van der Waals surface area contributed by atoms with Gasteiger partial charge in [-0.2, -0.15) is 0 Å². The second kappa shape index (κ2) is 5.87. The van der Waals surface area contributed by atoms with Gasteiger partial charge in [0, 0.05) is 24.7 Å². The van der Waals surface area contributed by atoms with Gasteiger partial charge in [-0.05, 0) is 24.6 Å². The maximum Gasteiger partial charge on any atom is 0.163 e. The molecule has 0 spiro atoms. The minimum absolute atomic E-state index is 0.717. The monoisotopic (exact) mass is 269 g/mol. The summed E-state index contributed by atoms with van der Waals surface area (Å²) in [6.45, 7) is 4.36. The van der Waals surface area contributed by atoms with E-state index in [9.17, 15) is 0 Å². The minimum Gasteiger partial charge on any atom is -0.490 e. The van der Waals surface area contributed by atoms with Gasteiger partial charge in [-0.25, -0.2) is 0 Å². The van der Waals surface area contributed by atoms with Crippen LogP contribution in [0.1, 0.15) is 17.5 Å². The Bertz CT molecular complexity index is 595. The van der Waals surface area contributed by atoms with Crippen LogP contribution in [0.3, 0.4) is 0 Å². The molecule has 0 unspecified atom stereocenters. The summed E-state index contributed by atoms with van der Waals surface area (Å²) in [5.74, 6) is 1.67.